The number of aliphatic hydroxyl groups excluding tert-OH is 3. The molecule has 3 aromatic rings. The van der Waals surface area contributed by atoms with Crippen molar-refractivity contribution in [3.05, 3.63) is 30.2 Å². The van der Waals surface area contributed by atoms with Gasteiger partial charge in [-0.05, 0) is 11.4 Å². The Labute approximate surface area is 134 Å². The molecule has 4 rings (SSSR count). The highest BCUT2D eigenvalue weighted by molar-refractivity contribution is 7.13. The van der Waals surface area contributed by atoms with Crippen LogP contribution in [0, 0.1) is 0 Å². The minimum atomic E-state index is -1.18. The van der Waals surface area contributed by atoms with Gasteiger partial charge in [0.1, 0.15) is 35.8 Å². The first-order chi connectivity index (χ1) is 11.2. The predicted octanol–water partition coefficient (Wildman–Crippen LogP) is 0.166. The van der Waals surface area contributed by atoms with E-state index in [9.17, 15) is 15.3 Å². The average molecular weight is 334 g/mol. The second-order valence-corrected chi connectivity index (χ2v) is 6.20. The smallest absolute Gasteiger partial charge is 0.166 e. The van der Waals surface area contributed by atoms with E-state index in [1.165, 1.54) is 12.7 Å². The molecule has 9 heteroatoms. The van der Waals surface area contributed by atoms with Gasteiger partial charge < -0.3 is 20.1 Å². The van der Waals surface area contributed by atoms with Gasteiger partial charge in [-0.3, -0.25) is 4.57 Å². The van der Waals surface area contributed by atoms with Gasteiger partial charge in [-0.1, -0.05) is 6.07 Å². The number of aliphatic hydroxyl groups is 3. The van der Waals surface area contributed by atoms with Gasteiger partial charge in [-0.15, -0.1) is 11.3 Å². The van der Waals surface area contributed by atoms with Gasteiger partial charge >= 0.3 is 0 Å². The number of fused-ring (bicyclic) bond motifs is 1. The first kappa shape index (κ1) is 14.7. The van der Waals surface area contributed by atoms with Crippen molar-refractivity contribution in [3.63, 3.8) is 0 Å². The Morgan fingerprint density at radius 2 is 2.09 bits per heavy atom. The van der Waals surface area contributed by atoms with E-state index in [0.717, 1.165) is 4.88 Å². The van der Waals surface area contributed by atoms with E-state index in [-0.39, 0.29) is 6.61 Å². The fourth-order valence-electron chi connectivity index (χ4n) is 2.74. The molecule has 0 amide bonds. The molecule has 0 saturated carbocycles. The minimum absolute atomic E-state index is 0.378. The summed E-state index contributed by atoms with van der Waals surface area (Å²) in [5, 5.41) is 31.2. The van der Waals surface area contributed by atoms with E-state index in [1.807, 2.05) is 17.5 Å². The summed E-state index contributed by atoms with van der Waals surface area (Å²) in [6, 6.07) is 3.87. The molecule has 0 radical (unpaired) electrons. The number of ether oxygens (including phenoxy) is 1. The SMILES string of the molecule is OC[C@H]1O[C@@H](n2cnc3c(-c4cccs4)ncnc32)[C@@H](O)[C@@H]1O. The first-order valence-corrected chi connectivity index (χ1v) is 7.92. The lowest BCUT2D eigenvalue weighted by molar-refractivity contribution is -0.0511. The molecule has 8 nitrogen and oxygen atoms in total. The van der Waals surface area contributed by atoms with Crippen LogP contribution in [0.3, 0.4) is 0 Å². The van der Waals surface area contributed by atoms with E-state index in [1.54, 1.807) is 15.9 Å². The topological polar surface area (TPSA) is 114 Å². The van der Waals surface area contributed by atoms with E-state index < -0.39 is 24.5 Å². The zero-order chi connectivity index (χ0) is 16.0. The Hall–Kier alpha value is -1.91. The molecule has 1 saturated heterocycles. The molecule has 1 fully saturated rings. The van der Waals surface area contributed by atoms with Gasteiger partial charge in [0, 0.05) is 0 Å². The number of aromatic nitrogens is 4. The van der Waals surface area contributed by atoms with Crippen LogP contribution in [0.2, 0.25) is 0 Å². The Morgan fingerprint density at radius 1 is 1.22 bits per heavy atom. The summed E-state index contributed by atoms with van der Waals surface area (Å²) in [7, 11) is 0. The second-order valence-electron chi connectivity index (χ2n) is 5.25. The van der Waals surface area contributed by atoms with Crippen molar-refractivity contribution in [3.8, 4) is 10.6 Å². The van der Waals surface area contributed by atoms with Crippen LogP contribution >= 0.6 is 11.3 Å². The Bertz CT molecular complexity index is 821. The van der Waals surface area contributed by atoms with Crippen molar-refractivity contribution in [2.45, 2.75) is 24.5 Å². The lowest BCUT2D eigenvalue weighted by Crippen LogP contribution is -2.33. The molecule has 0 unspecified atom stereocenters. The van der Waals surface area contributed by atoms with Crippen LogP contribution in [-0.2, 0) is 4.74 Å². The van der Waals surface area contributed by atoms with Crippen LogP contribution in [-0.4, -0.2) is 59.8 Å². The first-order valence-electron chi connectivity index (χ1n) is 7.04. The number of imidazole rings is 1. The van der Waals surface area contributed by atoms with Crippen LogP contribution in [0.1, 0.15) is 6.23 Å². The highest BCUT2D eigenvalue weighted by Crippen LogP contribution is 2.33. The Kier molecular flexibility index (Phi) is 3.58. The summed E-state index contributed by atoms with van der Waals surface area (Å²) in [4.78, 5) is 13.8. The largest absolute Gasteiger partial charge is 0.394 e. The molecule has 4 atom stereocenters. The van der Waals surface area contributed by atoms with Gasteiger partial charge in [-0.2, -0.15) is 0 Å². The molecule has 3 N–H and O–H groups in total. The standard InChI is InChI=1S/C14H14N4O4S/c19-4-7-11(20)12(21)14(22-7)18-6-17-10-9(8-2-1-3-23-8)15-5-16-13(10)18/h1-3,5-7,11-12,14,19-21H,4H2/t7-,11-,12+,14-/m1/s1. The summed E-state index contributed by atoms with van der Waals surface area (Å²) >= 11 is 1.54. The minimum Gasteiger partial charge on any atom is -0.394 e. The Balaban J connectivity index is 1.80. The van der Waals surface area contributed by atoms with Gasteiger partial charge in [0.05, 0.1) is 17.8 Å². The van der Waals surface area contributed by atoms with Crippen molar-refractivity contribution < 1.29 is 20.1 Å². The van der Waals surface area contributed by atoms with Crippen LogP contribution in [0.25, 0.3) is 21.7 Å². The molecule has 0 aromatic carbocycles. The van der Waals surface area contributed by atoms with Crippen LogP contribution < -0.4 is 0 Å². The van der Waals surface area contributed by atoms with E-state index in [0.29, 0.717) is 16.9 Å². The molecule has 1 aliphatic rings. The third-order valence-corrected chi connectivity index (χ3v) is 4.78. The molecule has 120 valence electrons. The van der Waals surface area contributed by atoms with Crippen LogP contribution in [0.4, 0.5) is 0 Å². The zero-order valence-corrected chi connectivity index (χ0v) is 12.7. The van der Waals surface area contributed by atoms with Crippen LogP contribution in [0.5, 0.6) is 0 Å². The number of rotatable bonds is 3. The summed E-state index contributed by atoms with van der Waals surface area (Å²) in [5.41, 5.74) is 1.79. The lowest BCUT2D eigenvalue weighted by atomic mass is 10.1. The molecule has 0 spiro atoms. The predicted molar refractivity (Wildman–Crippen MR) is 81.6 cm³/mol. The number of thiophene rings is 1. The molecule has 23 heavy (non-hydrogen) atoms. The third kappa shape index (κ3) is 2.25. The van der Waals surface area contributed by atoms with Gasteiger partial charge in [-0.25, -0.2) is 15.0 Å². The maximum atomic E-state index is 10.2. The highest BCUT2D eigenvalue weighted by atomic mass is 32.1. The molecular weight excluding hydrogens is 320 g/mol. The summed E-state index contributed by atoms with van der Waals surface area (Å²) in [5.74, 6) is 0. The van der Waals surface area contributed by atoms with Crippen molar-refractivity contribution in [1.29, 1.82) is 0 Å². The summed E-state index contributed by atoms with van der Waals surface area (Å²) < 4.78 is 7.09. The lowest BCUT2D eigenvalue weighted by Gasteiger charge is -2.16. The fraction of sp³-hybridized carbons (Fsp3) is 0.357. The maximum absolute atomic E-state index is 10.2. The molecule has 4 heterocycles. The van der Waals surface area contributed by atoms with E-state index in [4.69, 9.17) is 4.74 Å². The van der Waals surface area contributed by atoms with Gasteiger partial charge in [0.2, 0.25) is 0 Å². The molecule has 0 bridgehead atoms. The second kappa shape index (κ2) is 5.62. The van der Waals surface area contributed by atoms with Crippen molar-refractivity contribution in [1.82, 2.24) is 19.5 Å². The number of nitrogens with zero attached hydrogens (tertiary/aromatic N) is 4. The van der Waals surface area contributed by atoms with Crippen molar-refractivity contribution in [2.24, 2.45) is 0 Å². The normalized spacial score (nSPS) is 27.8. The number of hydrogen-bond donors (Lipinski definition) is 3. The Morgan fingerprint density at radius 3 is 2.78 bits per heavy atom. The van der Waals surface area contributed by atoms with Gasteiger partial charge in [0.15, 0.2) is 11.9 Å². The molecule has 3 aromatic heterocycles. The molecular formula is C14H14N4O4S. The third-order valence-electron chi connectivity index (χ3n) is 3.90. The monoisotopic (exact) mass is 334 g/mol. The van der Waals surface area contributed by atoms with Crippen molar-refractivity contribution in [2.75, 3.05) is 6.61 Å². The van der Waals surface area contributed by atoms with Gasteiger partial charge in [0.25, 0.3) is 0 Å². The summed E-state index contributed by atoms with van der Waals surface area (Å²) in [6.45, 7) is -0.378. The fourth-order valence-corrected chi connectivity index (χ4v) is 3.46. The highest BCUT2D eigenvalue weighted by Gasteiger charge is 2.44. The van der Waals surface area contributed by atoms with Crippen molar-refractivity contribution >= 4 is 22.5 Å². The average Bonchev–Trinajstić information content (AvgIpc) is 3.28. The van der Waals surface area contributed by atoms with E-state index in [2.05, 4.69) is 15.0 Å². The zero-order valence-electron chi connectivity index (χ0n) is 11.9. The van der Waals surface area contributed by atoms with Crippen LogP contribution in [0.15, 0.2) is 30.2 Å². The summed E-state index contributed by atoms with van der Waals surface area (Å²) in [6.07, 6.45) is -1.12. The van der Waals surface area contributed by atoms with E-state index >= 15 is 0 Å². The number of hydrogen-bond acceptors (Lipinski definition) is 8. The quantitative estimate of drug-likeness (QED) is 0.625. The molecule has 1 aliphatic heterocycles. The maximum Gasteiger partial charge on any atom is 0.166 e. The molecule has 0 aliphatic carbocycles.